The number of hydrogen-bond donors (Lipinski definition) is 2. The van der Waals surface area contributed by atoms with Crippen LogP contribution in [0.25, 0.3) is 10.9 Å². The standard InChI is InChI=1S/C15H17FN2O/c1-9-5-12(16)11-7-10(18-13(11)6-9)8-17-14(19)15(2)3-4-15/h5-7,18H,3-4,8H2,1-2H3,(H,17,19). The summed E-state index contributed by atoms with van der Waals surface area (Å²) in [6.07, 6.45) is 1.92. The first-order valence-corrected chi connectivity index (χ1v) is 6.54. The van der Waals surface area contributed by atoms with Crippen LogP contribution in [0.5, 0.6) is 0 Å². The van der Waals surface area contributed by atoms with Crippen LogP contribution in [0.4, 0.5) is 4.39 Å². The molecule has 0 bridgehead atoms. The van der Waals surface area contributed by atoms with Gasteiger partial charge in [0, 0.05) is 22.0 Å². The molecule has 3 rings (SSSR count). The number of hydrogen-bond acceptors (Lipinski definition) is 1. The van der Waals surface area contributed by atoms with Crippen molar-refractivity contribution in [1.29, 1.82) is 0 Å². The van der Waals surface area contributed by atoms with Crippen LogP contribution >= 0.6 is 0 Å². The van der Waals surface area contributed by atoms with Crippen LogP contribution in [0.3, 0.4) is 0 Å². The summed E-state index contributed by atoms with van der Waals surface area (Å²) in [5, 5.41) is 3.48. The largest absolute Gasteiger partial charge is 0.357 e. The van der Waals surface area contributed by atoms with Crippen LogP contribution in [0, 0.1) is 18.2 Å². The highest BCUT2D eigenvalue weighted by Crippen LogP contribution is 2.45. The van der Waals surface area contributed by atoms with Gasteiger partial charge >= 0.3 is 0 Å². The van der Waals surface area contributed by atoms with Crippen molar-refractivity contribution in [3.8, 4) is 0 Å². The van der Waals surface area contributed by atoms with Gasteiger partial charge in [0.15, 0.2) is 0 Å². The fraction of sp³-hybridized carbons (Fsp3) is 0.400. The van der Waals surface area contributed by atoms with Crippen LogP contribution in [0.2, 0.25) is 0 Å². The third-order valence-electron chi connectivity index (χ3n) is 3.88. The third kappa shape index (κ3) is 2.23. The molecule has 19 heavy (non-hydrogen) atoms. The summed E-state index contributed by atoms with van der Waals surface area (Å²) in [5.74, 6) is -0.138. The Kier molecular flexibility index (Phi) is 2.62. The summed E-state index contributed by atoms with van der Waals surface area (Å²) in [5.41, 5.74) is 2.32. The molecule has 0 saturated heterocycles. The molecule has 1 saturated carbocycles. The molecule has 1 amide bonds. The molecule has 1 fully saturated rings. The van der Waals surface area contributed by atoms with Crippen molar-refractivity contribution in [3.05, 3.63) is 35.3 Å². The number of aromatic nitrogens is 1. The number of carbonyl (C=O) groups is 1. The molecule has 1 aliphatic carbocycles. The van der Waals surface area contributed by atoms with Crippen LogP contribution in [0.1, 0.15) is 31.0 Å². The van der Waals surface area contributed by atoms with Crippen molar-refractivity contribution in [2.45, 2.75) is 33.2 Å². The average Bonchev–Trinajstić information content (AvgIpc) is 2.96. The second kappa shape index (κ2) is 4.08. The Bertz CT molecular complexity index is 655. The molecule has 2 N–H and O–H groups in total. The molecular weight excluding hydrogens is 243 g/mol. The molecule has 0 atom stereocenters. The fourth-order valence-corrected chi connectivity index (χ4v) is 2.29. The molecule has 2 aromatic rings. The Labute approximate surface area is 111 Å². The Morgan fingerprint density at radius 1 is 1.42 bits per heavy atom. The Balaban J connectivity index is 1.78. The number of rotatable bonds is 3. The number of carbonyl (C=O) groups excluding carboxylic acids is 1. The molecule has 1 heterocycles. The van der Waals surface area contributed by atoms with Crippen LogP contribution < -0.4 is 5.32 Å². The zero-order valence-electron chi connectivity index (χ0n) is 11.1. The van der Waals surface area contributed by atoms with Gasteiger partial charge in [0.25, 0.3) is 0 Å². The maximum Gasteiger partial charge on any atom is 0.226 e. The zero-order valence-corrected chi connectivity index (χ0v) is 11.1. The Morgan fingerprint density at radius 3 is 2.84 bits per heavy atom. The van der Waals surface area contributed by atoms with E-state index in [0.29, 0.717) is 11.9 Å². The number of benzene rings is 1. The highest BCUT2D eigenvalue weighted by Gasteiger charge is 2.44. The van der Waals surface area contributed by atoms with Gasteiger partial charge in [0.05, 0.1) is 6.54 Å². The van der Waals surface area contributed by atoms with Gasteiger partial charge in [-0.05, 0) is 43.5 Å². The van der Waals surface area contributed by atoms with E-state index < -0.39 is 0 Å². The third-order valence-corrected chi connectivity index (χ3v) is 3.88. The predicted octanol–water partition coefficient (Wildman–Crippen LogP) is 3.03. The quantitative estimate of drug-likeness (QED) is 0.875. The lowest BCUT2D eigenvalue weighted by Gasteiger charge is -2.08. The number of aromatic amines is 1. The number of H-pyrrole nitrogens is 1. The Morgan fingerprint density at radius 2 is 2.16 bits per heavy atom. The van der Waals surface area contributed by atoms with Gasteiger partial charge in [-0.3, -0.25) is 4.79 Å². The fourth-order valence-electron chi connectivity index (χ4n) is 2.29. The van der Waals surface area contributed by atoms with Crippen molar-refractivity contribution >= 4 is 16.8 Å². The smallest absolute Gasteiger partial charge is 0.226 e. The normalized spacial score (nSPS) is 16.6. The highest BCUT2D eigenvalue weighted by atomic mass is 19.1. The zero-order chi connectivity index (χ0) is 13.6. The minimum Gasteiger partial charge on any atom is -0.357 e. The molecule has 3 nitrogen and oxygen atoms in total. The van der Waals surface area contributed by atoms with Gasteiger partial charge in [-0.1, -0.05) is 6.92 Å². The molecule has 1 aromatic carbocycles. The molecule has 1 aromatic heterocycles. The number of halogens is 1. The predicted molar refractivity (Wildman–Crippen MR) is 72.2 cm³/mol. The van der Waals surface area contributed by atoms with Crippen molar-refractivity contribution < 1.29 is 9.18 Å². The van der Waals surface area contributed by atoms with Crippen LogP contribution in [0.15, 0.2) is 18.2 Å². The van der Waals surface area contributed by atoms with Crippen molar-refractivity contribution in [2.75, 3.05) is 0 Å². The van der Waals surface area contributed by atoms with E-state index in [0.717, 1.165) is 29.6 Å². The monoisotopic (exact) mass is 260 g/mol. The van der Waals surface area contributed by atoms with Crippen LogP contribution in [-0.4, -0.2) is 10.9 Å². The summed E-state index contributed by atoms with van der Waals surface area (Å²) >= 11 is 0. The molecule has 0 unspecified atom stereocenters. The van der Waals surface area contributed by atoms with E-state index in [1.165, 1.54) is 6.07 Å². The molecule has 1 aliphatic rings. The van der Waals surface area contributed by atoms with E-state index in [4.69, 9.17) is 0 Å². The van der Waals surface area contributed by atoms with Gasteiger partial charge in [-0.15, -0.1) is 0 Å². The van der Waals surface area contributed by atoms with Gasteiger partial charge < -0.3 is 10.3 Å². The highest BCUT2D eigenvalue weighted by molar-refractivity contribution is 5.85. The molecular formula is C15H17FN2O. The second-order valence-electron chi connectivity index (χ2n) is 5.75. The van der Waals surface area contributed by atoms with Gasteiger partial charge in [0.2, 0.25) is 5.91 Å². The first-order chi connectivity index (χ1) is 8.98. The summed E-state index contributed by atoms with van der Waals surface area (Å²) in [6, 6.07) is 5.19. The van der Waals surface area contributed by atoms with Crippen molar-refractivity contribution in [2.24, 2.45) is 5.41 Å². The maximum atomic E-state index is 13.8. The van der Waals surface area contributed by atoms with Gasteiger partial charge in [-0.2, -0.15) is 0 Å². The number of nitrogens with one attached hydrogen (secondary N) is 2. The van der Waals surface area contributed by atoms with Crippen LogP contribution in [-0.2, 0) is 11.3 Å². The maximum absolute atomic E-state index is 13.8. The van der Waals surface area contributed by atoms with E-state index in [2.05, 4.69) is 10.3 Å². The summed E-state index contributed by atoms with van der Waals surface area (Å²) in [7, 11) is 0. The lowest BCUT2D eigenvalue weighted by Crippen LogP contribution is -2.29. The lowest BCUT2D eigenvalue weighted by molar-refractivity contribution is -0.125. The van der Waals surface area contributed by atoms with E-state index in [1.807, 2.05) is 19.9 Å². The molecule has 100 valence electrons. The number of fused-ring (bicyclic) bond motifs is 1. The first-order valence-electron chi connectivity index (χ1n) is 6.54. The summed E-state index contributed by atoms with van der Waals surface area (Å²) in [4.78, 5) is 15.0. The summed E-state index contributed by atoms with van der Waals surface area (Å²) in [6.45, 7) is 4.25. The van der Waals surface area contributed by atoms with Crippen molar-refractivity contribution in [3.63, 3.8) is 0 Å². The minimum absolute atomic E-state index is 0.0859. The van der Waals surface area contributed by atoms with E-state index in [9.17, 15) is 9.18 Å². The first kappa shape index (κ1) is 12.2. The molecule has 0 radical (unpaired) electrons. The SMILES string of the molecule is Cc1cc(F)c2cc(CNC(=O)C3(C)CC3)[nH]c2c1. The van der Waals surface area contributed by atoms with Gasteiger partial charge in [-0.25, -0.2) is 4.39 Å². The lowest BCUT2D eigenvalue weighted by atomic mass is 10.1. The number of aryl methyl sites for hydroxylation is 1. The van der Waals surface area contributed by atoms with E-state index in [1.54, 1.807) is 6.07 Å². The molecule has 0 spiro atoms. The van der Waals surface area contributed by atoms with Gasteiger partial charge in [0.1, 0.15) is 5.82 Å². The minimum atomic E-state index is -0.224. The Hall–Kier alpha value is -1.84. The van der Waals surface area contributed by atoms with E-state index >= 15 is 0 Å². The molecule has 4 heteroatoms. The second-order valence-corrected chi connectivity index (χ2v) is 5.75. The summed E-state index contributed by atoms with van der Waals surface area (Å²) < 4.78 is 13.8. The molecule has 0 aliphatic heterocycles. The average molecular weight is 260 g/mol. The topological polar surface area (TPSA) is 44.9 Å². The number of amides is 1. The van der Waals surface area contributed by atoms with Crippen molar-refractivity contribution in [1.82, 2.24) is 10.3 Å². The van der Waals surface area contributed by atoms with E-state index in [-0.39, 0.29) is 17.1 Å².